The van der Waals surface area contributed by atoms with Gasteiger partial charge in [0.1, 0.15) is 28.3 Å². The average Bonchev–Trinajstić information content (AvgIpc) is 3.88. The van der Waals surface area contributed by atoms with Gasteiger partial charge < -0.3 is 29.3 Å². The molecule has 3 saturated heterocycles. The molecule has 5 amide bonds. The molecule has 0 bridgehead atoms. The van der Waals surface area contributed by atoms with E-state index in [9.17, 15) is 28.8 Å². The second kappa shape index (κ2) is 16.7. The normalized spacial score (nSPS) is 20.7. The summed E-state index contributed by atoms with van der Waals surface area (Å²) in [5, 5.41) is 10.9. The minimum atomic E-state index is -1.75. The first-order valence-corrected chi connectivity index (χ1v) is 20.7. The fourth-order valence-electron chi connectivity index (χ4n) is 6.31. The van der Waals surface area contributed by atoms with Gasteiger partial charge in [0.05, 0.1) is 13.1 Å². The number of hydrogen-bond donors (Lipinski definition) is 3. The number of nitrogens with two attached hydrogens (primary N) is 1. The van der Waals surface area contributed by atoms with Crippen LogP contribution in [0.1, 0.15) is 78.3 Å². The van der Waals surface area contributed by atoms with Gasteiger partial charge >= 0.3 is 24.1 Å². The summed E-state index contributed by atoms with van der Waals surface area (Å²) in [4.78, 5) is 92.6. The molecule has 3 aliphatic rings. The molecule has 3 aliphatic heterocycles. The molecule has 60 heavy (non-hydrogen) atoms. The molecule has 1 aromatic heterocycles. The molecule has 0 radical (unpaired) electrons. The lowest BCUT2D eigenvalue weighted by atomic mass is 10.0. The third-order valence-electron chi connectivity index (χ3n) is 9.18. The number of fused-ring (bicyclic) bond motifs is 1. The van der Waals surface area contributed by atoms with Gasteiger partial charge in [-0.15, -0.1) is 11.3 Å². The predicted molar refractivity (Wildman–Crippen MR) is 221 cm³/mol. The minimum absolute atomic E-state index is 0.0558. The highest BCUT2D eigenvalue weighted by Crippen LogP contribution is 2.51. The molecule has 0 spiro atoms. The van der Waals surface area contributed by atoms with Crippen LogP contribution < -0.4 is 16.5 Å². The Labute approximate surface area is 355 Å². The Hall–Kier alpha value is -5.73. The second-order valence-electron chi connectivity index (χ2n) is 16.7. The topological polar surface area (TPSA) is 224 Å². The third-order valence-corrected chi connectivity index (χ3v) is 11.6. The van der Waals surface area contributed by atoms with E-state index in [1.165, 1.54) is 29.0 Å². The standard InChI is InChI=1S/C40H48N8O10S2/c1-37(2,3)56-32(51)39(7,8)58-45-26(25-21-59-34(42-25)44-35(53)57-38(4,5)6)29(49)43-27-30(50)46-22-40(60-31(27)46,47-19-20-48(41)36(47)54)33(52)55-28(23-15-11-9-12-16-23)24-17-13-10-14-18-24/h9-18,21,27-28,31H,19-20,22,41H2,1-8H3,(H,43,49)(H,42,44,53)/b45-26-/t27-,31-,40-/m1/s1. The molecule has 6 rings (SSSR count). The van der Waals surface area contributed by atoms with Crippen molar-refractivity contribution in [3.8, 4) is 0 Å². The fraction of sp³-hybridized carbons (Fsp3) is 0.450. The number of carbonyl (C=O) groups is 6. The van der Waals surface area contributed by atoms with Gasteiger partial charge in [0, 0.05) is 11.9 Å². The van der Waals surface area contributed by atoms with E-state index in [4.69, 9.17) is 24.9 Å². The zero-order chi connectivity index (χ0) is 43.8. The Morgan fingerprint density at radius 3 is 2.05 bits per heavy atom. The van der Waals surface area contributed by atoms with Gasteiger partial charge in [-0.25, -0.2) is 30.0 Å². The number of amides is 5. The summed E-state index contributed by atoms with van der Waals surface area (Å²) in [5.74, 6) is 2.96. The molecule has 0 saturated carbocycles. The Kier molecular flexibility index (Phi) is 12.2. The largest absolute Gasteiger partial charge is 0.457 e. The van der Waals surface area contributed by atoms with Crippen molar-refractivity contribution < 1.29 is 47.8 Å². The highest BCUT2D eigenvalue weighted by molar-refractivity contribution is 8.02. The number of hydrazine groups is 1. The first-order chi connectivity index (χ1) is 28.1. The van der Waals surface area contributed by atoms with Crippen LogP contribution in [0.25, 0.3) is 0 Å². The van der Waals surface area contributed by atoms with Crippen LogP contribution >= 0.6 is 23.1 Å². The third kappa shape index (κ3) is 9.50. The lowest BCUT2D eigenvalue weighted by molar-refractivity contribution is -0.179. The number of nitrogens with zero attached hydrogens (tertiary/aromatic N) is 5. The number of anilines is 1. The molecule has 2 aromatic carbocycles. The molecular weight excluding hydrogens is 817 g/mol. The highest BCUT2D eigenvalue weighted by atomic mass is 32.2. The van der Waals surface area contributed by atoms with Crippen molar-refractivity contribution in [2.45, 2.75) is 94.6 Å². The number of thiazole rings is 1. The molecular formula is C40H48N8O10S2. The van der Waals surface area contributed by atoms with Crippen LogP contribution in [-0.2, 0) is 38.2 Å². The number of rotatable bonds is 12. The SMILES string of the molecule is CC(C)(C)OC(=O)Nc1nc(/C(=N/OC(C)(C)C(=O)OC(C)(C)C)C(=O)N[C@@H]2C(=O)N3C[C@@](C(=O)OC(c4ccccc4)c4ccccc4)(N4CCN(N)C4=O)S[C@H]23)cs1. The maximum atomic E-state index is 14.6. The Bertz CT molecular complexity index is 2130. The van der Waals surface area contributed by atoms with E-state index in [1.807, 2.05) is 60.7 Å². The summed E-state index contributed by atoms with van der Waals surface area (Å²) in [6.07, 6.45) is -1.65. The summed E-state index contributed by atoms with van der Waals surface area (Å²) >= 11 is 1.94. The van der Waals surface area contributed by atoms with E-state index in [2.05, 4.69) is 20.8 Å². The van der Waals surface area contributed by atoms with Crippen molar-refractivity contribution in [2.75, 3.05) is 25.0 Å². The quantitative estimate of drug-likeness (QED) is 0.0438. The van der Waals surface area contributed by atoms with Gasteiger partial charge in [-0.3, -0.25) is 24.8 Å². The smallest absolute Gasteiger partial charge is 0.413 e. The zero-order valence-electron chi connectivity index (χ0n) is 34.4. The van der Waals surface area contributed by atoms with Crippen molar-refractivity contribution in [3.63, 3.8) is 0 Å². The number of esters is 2. The van der Waals surface area contributed by atoms with Gasteiger partial charge in [0.25, 0.3) is 5.91 Å². The number of β-lactam (4-membered cyclic amide) rings is 1. The van der Waals surface area contributed by atoms with E-state index in [-0.39, 0.29) is 30.5 Å². The first-order valence-electron chi connectivity index (χ1n) is 19.0. The van der Waals surface area contributed by atoms with Gasteiger partial charge in [-0.05, 0) is 66.5 Å². The molecule has 20 heteroatoms. The average molecular weight is 865 g/mol. The van der Waals surface area contributed by atoms with Crippen molar-refractivity contribution in [1.29, 1.82) is 0 Å². The lowest BCUT2D eigenvalue weighted by Crippen LogP contribution is -2.68. The Morgan fingerprint density at radius 2 is 1.50 bits per heavy atom. The van der Waals surface area contributed by atoms with E-state index < -0.39 is 80.8 Å². The number of oxime groups is 1. The van der Waals surface area contributed by atoms with Crippen LogP contribution in [0, 0.1) is 0 Å². The maximum absolute atomic E-state index is 14.6. The maximum Gasteiger partial charge on any atom is 0.413 e. The van der Waals surface area contributed by atoms with Gasteiger partial charge in [-0.2, -0.15) is 0 Å². The van der Waals surface area contributed by atoms with Gasteiger partial charge in [-0.1, -0.05) is 77.6 Å². The van der Waals surface area contributed by atoms with E-state index in [0.717, 1.165) is 28.1 Å². The molecule has 4 N–H and O–H groups in total. The van der Waals surface area contributed by atoms with Crippen molar-refractivity contribution >= 4 is 69.8 Å². The molecule has 3 atom stereocenters. The van der Waals surface area contributed by atoms with Crippen LogP contribution in [0.3, 0.4) is 0 Å². The van der Waals surface area contributed by atoms with E-state index in [0.29, 0.717) is 11.1 Å². The molecule has 320 valence electrons. The van der Waals surface area contributed by atoms with Crippen molar-refractivity contribution in [1.82, 2.24) is 25.1 Å². The summed E-state index contributed by atoms with van der Waals surface area (Å²) < 4.78 is 17.1. The monoisotopic (exact) mass is 864 g/mol. The summed E-state index contributed by atoms with van der Waals surface area (Å²) in [6.45, 7) is 12.9. The molecule has 0 aliphatic carbocycles. The van der Waals surface area contributed by atoms with E-state index >= 15 is 0 Å². The molecule has 0 unspecified atom stereocenters. The number of urea groups is 1. The first kappa shape index (κ1) is 43.8. The number of hydrogen-bond acceptors (Lipinski definition) is 15. The van der Waals surface area contributed by atoms with Crippen molar-refractivity contribution in [3.05, 3.63) is 82.9 Å². The minimum Gasteiger partial charge on any atom is -0.457 e. The molecule has 4 heterocycles. The summed E-state index contributed by atoms with van der Waals surface area (Å²) in [6, 6.07) is 16.4. The number of thioether (sulfide) groups is 1. The van der Waals surface area contributed by atoms with E-state index in [1.54, 1.807) is 41.5 Å². The number of benzene rings is 2. The Balaban J connectivity index is 1.28. The predicted octanol–water partition coefficient (Wildman–Crippen LogP) is 4.37. The molecule has 18 nitrogen and oxygen atoms in total. The zero-order valence-corrected chi connectivity index (χ0v) is 36.0. The van der Waals surface area contributed by atoms with Crippen LogP contribution in [0.2, 0.25) is 0 Å². The van der Waals surface area contributed by atoms with Gasteiger partial charge in [0.2, 0.25) is 16.4 Å². The fourth-order valence-corrected chi connectivity index (χ4v) is 8.67. The van der Waals surface area contributed by atoms with Crippen LogP contribution in [0.15, 0.2) is 71.2 Å². The Morgan fingerprint density at radius 1 is 0.900 bits per heavy atom. The number of ether oxygens (including phenoxy) is 3. The number of aromatic nitrogens is 1. The summed E-state index contributed by atoms with van der Waals surface area (Å²) in [5.41, 5.74) is -2.49. The van der Waals surface area contributed by atoms with Crippen molar-refractivity contribution in [2.24, 2.45) is 11.0 Å². The van der Waals surface area contributed by atoms with Crippen LogP contribution in [0.4, 0.5) is 14.7 Å². The second-order valence-corrected chi connectivity index (χ2v) is 18.9. The van der Waals surface area contributed by atoms with Gasteiger partial charge in [0.15, 0.2) is 16.9 Å². The molecule has 3 fully saturated rings. The molecule has 3 aromatic rings. The van der Waals surface area contributed by atoms with Crippen LogP contribution in [-0.4, -0.2) is 114 Å². The van der Waals surface area contributed by atoms with Crippen LogP contribution in [0.5, 0.6) is 0 Å². The highest BCUT2D eigenvalue weighted by Gasteiger charge is 2.67. The lowest BCUT2D eigenvalue weighted by Gasteiger charge is -2.41. The number of nitrogens with one attached hydrogen (secondary N) is 2. The number of carbonyl (C=O) groups excluding carboxylic acids is 6. The summed E-state index contributed by atoms with van der Waals surface area (Å²) in [7, 11) is 0.